The lowest BCUT2D eigenvalue weighted by Crippen LogP contribution is -2.27. The van der Waals surface area contributed by atoms with Crippen molar-refractivity contribution in [3.05, 3.63) is 88.4 Å². The van der Waals surface area contributed by atoms with Crippen molar-refractivity contribution in [2.45, 2.75) is 59.5 Å². The van der Waals surface area contributed by atoms with Crippen LogP contribution in [-0.4, -0.2) is 51.9 Å². The van der Waals surface area contributed by atoms with Gasteiger partial charge in [-0.25, -0.2) is 9.59 Å². The third kappa shape index (κ3) is 5.74. The van der Waals surface area contributed by atoms with Crippen LogP contribution in [-0.2, 0) is 24.2 Å². The summed E-state index contributed by atoms with van der Waals surface area (Å²) in [5.74, 6) is 0.598. The second-order valence-electron chi connectivity index (χ2n) is 9.76. The van der Waals surface area contributed by atoms with E-state index in [1.807, 2.05) is 53.4 Å². The molecular weight excluding hydrogens is 520 g/mol. The molecular formula is C30H34N8O3. The molecule has 41 heavy (non-hydrogen) atoms. The molecule has 0 bridgehead atoms. The molecule has 0 aliphatic heterocycles. The Hall–Kier alpha value is -4.80. The van der Waals surface area contributed by atoms with Crippen molar-refractivity contribution in [1.29, 1.82) is 0 Å². The quantitative estimate of drug-likeness (QED) is 0.222. The molecule has 4 heterocycles. The molecule has 0 radical (unpaired) electrons. The number of aromatic nitrogens is 8. The normalized spacial score (nSPS) is 11.2. The van der Waals surface area contributed by atoms with Gasteiger partial charge in [0, 0.05) is 42.0 Å². The average Bonchev–Trinajstić information content (AvgIpc) is 3.73. The third-order valence-corrected chi connectivity index (χ3v) is 6.93. The Bertz CT molecular complexity index is 1660. The van der Waals surface area contributed by atoms with Gasteiger partial charge in [0.05, 0.1) is 18.8 Å². The molecule has 0 fully saturated rings. The van der Waals surface area contributed by atoms with Crippen LogP contribution in [0.15, 0.2) is 65.8 Å². The molecule has 0 saturated heterocycles. The lowest BCUT2D eigenvalue weighted by atomic mass is 10.0. The number of hydrogen-bond donors (Lipinski definition) is 1. The number of hydrogen-bond acceptors (Lipinski definition) is 7. The van der Waals surface area contributed by atoms with E-state index in [0.717, 1.165) is 53.8 Å². The highest BCUT2D eigenvalue weighted by Crippen LogP contribution is 2.28. The van der Waals surface area contributed by atoms with Gasteiger partial charge in [0.25, 0.3) is 0 Å². The van der Waals surface area contributed by atoms with E-state index in [2.05, 4.69) is 34.5 Å². The maximum Gasteiger partial charge on any atom is 0.341 e. The Morgan fingerprint density at radius 3 is 2.54 bits per heavy atom. The van der Waals surface area contributed by atoms with Gasteiger partial charge in [-0.1, -0.05) is 50.6 Å². The number of aromatic amines is 1. The van der Waals surface area contributed by atoms with Crippen molar-refractivity contribution in [3.8, 4) is 28.5 Å². The van der Waals surface area contributed by atoms with E-state index in [9.17, 15) is 9.59 Å². The molecule has 0 aliphatic carbocycles. The number of aryl methyl sites for hydroxylation is 2. The molecule has 0 saturated carbocycles. The second-order valence-corrected chi connectivity index (χ2v) is 9.76. The predicted molar refractivity (Wildman–Crippen MR) is 155 cm³/mol. The topological polar surface area (TPSA) is 126 Å². The molecule has 5 aromatic rings. The smallest absolute Gasteiger partial charge is 0.341 e. The number of ether oxygens (including phenoxy) is 1. The SMILES string of the molecule is CCCCc1cn(-c2c(C(=O)OCC)ccn2CCC)c(=O)n1Cc1ccc(-c2ccccc2-c2nn[nH]n2)nc1. The van der Waals surface area contributed by atoms with Gasteiger partial charge >= 0.3 is 11.7 Å². The Kier molecular flexibility index (Phi) is 8.52. The molecule has 11 heteroatoms. The molecule has 0 atom stereocenters. The lowest BCUT2D eigenvalue weighted by Gasteiger charge is -2.11. The van der Waals surface area contributed by atoms with E-state index in [-0.39, 0.29) is 12.3 Å². The van der Waals surface area contributed by atoms with Crippen molar-refractivity contribution >= 4 is 5.97 Å². The molecule has 212 valence electrons. The first-order valence-corrected chi connectivity index (χ1v) is 14.0. The molecule has 4 aromatic heterocycles. The minimum absolute atomic E-state index is 0.204. The maximum absolute atomic E-state index is 13.9. The summed E-state index contributed by atoms with van der Waals surface area (Å²) in [4.78, 5) is 31.4. The number of nitrogens with zero attached hydrogens (tertiary/aromatic N) is 7. The molecule has 1 N–H and O–H groups in total. The first kappa shape index (κ1) is 27.8. The molecule has 1 aromatic carbocycles. The van der Waals surface area contributed by atoms with Gasteiger partial charge in [-0.3, -0.25) is 14.1 Å². The Morgan fingerprint density at radius 1 is 1.02 bits per heavy atom. The third-order valence-electron chi connectivity index (χ3n) is 6.93. The zero-order chi connectivity index (χ0) is 28.8. The Morgan fingerprint density at radius 2 is 1.85 bits per heavy atom. The van der Waals surface area contributed by atoms with Crippen molar-refractivity contribution in [2.75, 3.05) is 6.61 Å². The van der Waals surface area contributed by atoms with Crippen LogP contribution in [0.5, 0.6) is 0 Å². The Balaban J connectivity index is 1.51. The van der Waals surface area contributed by atoms with Crippen molar-refractivity contribution in [3.63, 3.8) is 0 Å². The van der Waals surface area contributed by atoms with Crippen molar-refractivity contribution in [1.82, 2.24) is 39.3 Å². The standard InChI is InChI=1S/C30H34N8O3/c1-4-7-10-22-20-38(28-25(29(39)41-6-3)15-17-36(28)16-5-2)30(40)37(22)19-21-13-14-26(31-18-21)23-11-8-9-12-24(23)27-32-34-35-33-27/h8-9,11-15,17-18,20H,4-7,10,16,19H2,1-3H3,(H,32,33,34,35). The van der Waals surface area contributed by atoms with E-state index in [0.29, 0.717) is 30.3 Å². The maximum atomic E-state index is 13.9. The summed E-state index contributed by atoms with van der Waals surface area (Å²) in [6.45, 7) is 7.25. The predicted octanol–water partition coefficient (Wildman–Crippen LogP) is 4.66. The fourth-order valence-electron chi connectivity index (χ4n) is 4.96. The van der Waals surface area contributed by atoms with Crippen LogP contribution in [0.1, 0.15) is 61.6 Å². The summed E-state index contributed by atoms with van der Waals surface area (Å²) in [6, 6.07) is 13.4. The number of carbonyl (C=O) groups excluding carboxylic acids is 1. The molecule has 0 amide bonds. The van der Waals surface area contributed by atoms with E-state index in [4.69, 9.17) is 9.72 Å². The van der Waals surface area contributed by atoms with Crippen LogP contribution in [0, 0.1) is 0 Å². The van der Waals surface area contributed by atoms with Crippen LogP contribution in [0.3, 0.4) is 0 Å². The number of H-pyrrole nitrogens is 1. The zero-order valence-electron chi connectivity index (χ0n) is 23.6. The monoisotopic (exact) mass is 554 g/mol. The summed E-state index contributed by atoms with van der Waals surface area (Å²) in [5, 5.41) is 14.4. The van der Waals surface area contributed by atoms with Gasteiger partial charge in [0.1, 0.15) is 11.4 Å². The zero-order valence-corrected chi connectivity index (χ0v) is 23.6. The largest absolute Gasteiger partial charge is 0.462 e. The van der Waals surface area contributed by atoms with E-state index >= 15 is 0 Å². The molecule has 5 rings (SSSR count). The van der Waals surface area contributed by atoms with Gasteiger partial charge < -0.3 is 9.30 Å². The Labute approximate surface area is 237 Å². The number of esters is 1. The molecule has 0 spiro atoms. The molecule has 0 unspecified atom stereocenters. The van der Waals surface area contributed by atoms with E-state index in [1.54, 1.807) is 28.3 Å². The number of nitrogens with one attached hydrogen (secondary N) is 1. The summed E-state index contributed by atoms with van der Waals surface area (Å²) < 4.78 is 10.6. The minimum atomic E-state index is -0.437. The summed E-state index contributed by atoms with van der Waals surface area (Å²) >= 11 is 0. The van der Waals surface area contributed by atoms with Crippen LogP contribution >= 0.6 is 0 Å². The van der Waals surface area contributed by atoms with Crippen molar-refractivity contribution in [2.24, 2.45) is 0 Å². The van der Waals surface area contributed by atoms with Crippen LogP contribution in [0.2, 0.25) is 0 Å². The number of unbranched alkanes of at least 4 members (excludes halogenated alkanes) is 1. The van der Waals surface area contributed by atoms with E-state index < -0.39 is 5.97 Å². The fraction of sp³-hybridized carbons (Fsp3) is 0.333. The number of benzene rings is 1. The van der Waals surface area contributed by atoms with Gasteiger partial charge in [-0.05, 0) is 49.1 Å². The van der Waals surface area contributed by atoms with Crippen LogP contribution < -0.4 is 5.69 Å². The van der Waals surface area contributed by atoms with Gasteiger partial charge in [-0.15, -0.1) is 10.2 Å². The average molecular weight is 555 g/mol. The summed E-state index contributed by atoms with van der Waals surface area (Å²) in [7, 11) is 0. The number of rotatable bonds is 12. The van der Waals surface area contributed by atoms with Crippen molar-refractivity contribution < 1.29 is 9.53 Å². The van der Waals surface area contributed by atoms with Crippen LogP contribution in [0.4, 0.5) is 0 Å². The van der Waals surface area contributed by atoms with Gasteiger partial charge in [0.2, 0.25) is 5.82 Å². The summed E-state index contributed by atoms with van der Waals surface area (Å²) in [6.07, 6.45) is 9.03. The number of tetrazole rings is 1. The summed E-state index contributed by atoms with van der Waals surface area (Å²) in [5.41, 5.74) is 4.44. The lowest BCUT2D eigenvalue weighted by molar-refractivity contribution is 0.0526. The first-order valence-electron chi connectivity index (χ1n) is 14.0. The van der Waals surface area contributed by atoms with Gasteiger partial charge in [-0.2, -0.15) is 5.21 Å². The van der Waals surface area contributed by atoms with Gasteiger partial charge in [0.15, 0.2) is 0 Å². The number of imidazole rings is 1. The molecule has 0 aliphatic rings. The van der Waals surface area contributed by atoms with E-state index in [1.165, 1.54) is 0 Å². The fourth-order valence-corrected chi connectivity index (χ4v) is 4.96. The highest BCUT2D eigenvalue weighted by atomic mass is 16.5. The second kappa shape index (κ2) is 12.6. The minimum Gasteiger partial charge on any atom is -0.462 e. The molecule has 11 nitrogen and oxygen atoms in total. The first-order chi connectivity index (χ1) is 20.0. The van der Waals surface area contributed by atoms with Crippen LogP contribution in [0.25, 0.3) is 28.5 Å². The highest BCUT2D eigenvalue weighted by Gasteiger charge is 2.23. The number of carbonyl (C=O) groups is 1. The highest BCUT2D eigenvalue weighted by molar-refractivity contribution is 5.93. The number of pyridine rings is 1.